The molecule has 1 amide bonds. The molecule has 2 heterocycles. The summed E-state index contributed by atoms with van der Waals surface area (Å²) >= 11 is 5.80. The van der Waals surface area contributed by atoms with Crippen LogP contribution in [0.4, 0.5) is 0 Å². The second-order valence-electron chi connectivity index (χ2n) is 7.91. The summed E-state index contributed by atoms with van der Waals surface area (Å²) in [4.78, 5) is 18.9. The number of unbranched alkanes of at least 4 members (excludes halogenated alkanes) is 2. The summed E-state index contributed by atoms with van der Waals surface area (Å²) in [5.74, 6) is 2.44. The molecular weight excluding hydrogens is 412 g/mol. The maximum atomic E-state index is 13.3. The van der Waals surface area contributed by atoms with E-state index in [1.165, 1.54) is 5.56 Å². The van der Waals surface area contributed by atoms with Gasteiger partial charge < -0.3 is 19.4 Å². The van der Waals surface area contributed by atoms with E-state index in [0.717, 1.165) is 59.3 Å². The van der Waals surface area contributed by atoms with E-state index in [4.69, 9.17) is 21.1 Å². The van der Waals surface area contributed by atoms with Crippen molar-refractivity contribution in [2.75, 3.05) is 26.6 Å². The monoisotopic (exact) mass is 440 g/mol. The van der Waals surface area contributed by atoms with Gasteiger partial charge in [0.05, 0.1) is 14.2 Å². The van der Waals surface area contributed by atoms with Crippen molar-refractivity contribution in [1.29, 1.82) is 0 Å². The summed E-state index contributed by atoms with van der Waals surface area (Å²) in [5.41, 5.74) is 4.37. The molecule has 5 nitrogen and oxygen atoms in total. The first kappa shape index (κ1) is 21.6. The molecule has 0 saturated heterocycles. The third kappa shape index (κ3) is 4.24. The zero-order valence-corrected chi connectivity index (χ0v) is 18.9. The number of carbonyl (C=O) groups is 1. The lowest BCUT2D eigenvalue weighted by atomic mass is 9.91. The van der Waals surface area contributed by atoms with Crippen molar-refractivity contribution in [2.24, 2.45) is 0 Å². The third-order valence-corrected chi connectivity index (χ3v) is 6.38. The average Bonchev–Trinajstić information content (AvgIpc) is 3.18. The van der Waals surface area contributed by atoms with Gasteiger partial charge in [0, 0.05) is 41.0 Å². The van der Waals surface area contributed by atoms with E-state index < -0.39 is 0 Å². The van der Waals surface area contributed by atoms with Crippen LogP contribution in [0.1, 0.15) is 48.5 Å². The van der Waals surface area contributed by atoms with Crippen LogP contribution < -0.4 is 9.47 Å². The van der Waals surface area contributed by atoms with E-state index in [2.05, 4.69) is 17.1 Å². The third-order valence-electron chi connectivity index (χ3n) is 6.11. The highest BCUT2D eigenvalue weighted by Gasteiger charge is 2.35. The molecule has 2 aromatic carbocycles. The molecule has 1 N–H and O–H groups in total. The number of benzene rings is 2. The largest absolute Gasteiger partial charge is 0.497 e. The number of rotatable bonds is 8. The SMILES string of the molecule is COc1ccc2[nH]c3c(c2c1)CCN(C(=O)CCCCCCl)C3c1ccccc1OC. The van der Waals surface area contributed by atoms with Crippen LogP contribution in [0.15, 0.2) is 42.5 Å². The van der Waals surface area contributed by atoms with E-state index in [1.807, 2.05) is 35.2 Å². The summed E-state index contributed by atoms with van der Waals surface area (Å²) < 4.78 is 11.1. The topological polar surface area (TPSA) is 54.6 Å². The Morgan fingerprint density at radius 2 is 1.97 bits per heavy atom. The predicted octanol–water partition coefficient (Wildman–Crippen LogP) is 5.46. The highest BCUT2D eigenvalue weighted by molar-refractivity contribution is 6.17. The quantitative estimate of drug-likeness (QED) is 0.374. The number of hydrogen-bond donors (Lipinski definition) is 1. The molecule has 1 atom stereocenters. The van der Waals surface area contributed by atoms with Crippen LogP contribution in [0.25, 0.3) is 10.9 Å². The summed E-state index contributed by atoms with van der Waals surface area (Å²) in [7, 11) is 3.36. The molecule has 0 radical (unpaired) electrons. The van der Waals surface area contributed by atoms with Crippen molar-refractivity contribution in [3.8, 4) is 11.5 Å². The average molecular weight is 441 g/mol. The number of aromatic nitrogens is 1. The first-order chi connectivity index (χ1) is 15.2. The van der Waals surface area contributed by atoms with Crippen molar-refractivity contribution >= 4 is 28.4 Å². The molecule has 1 aromatic heterocycles. The van der Waals surface area contributed by atoms with Crippen LogP contribution >= 0.6 is 11.6 Å². The second-order valence-corrected chi connectivity index (χ2v) is 8.29. The van der Waals surface area contributed by atoms with Crippen molar-refractivity contribution in [3.63, 3.8) is 0 Å². The van der Waals surface area contributed by atoms with Crippen molar-refractivity contribution < 1.29 is 14.3 Å². The Bertz CT molecular complexity index is 1060. The standard InChI is InChI=1S/C25H29ClN2O3/c1-30-17-11-12-21-20(16-17)18-13-15-28(23(29)10-4-3-7-14-26)25(24(18)27-21)19-8-5-6-9-22(19)31-2/h5-6,8-9,11-12,16,25,27H,3-4,7,10,13-15H2,1-2H3. The zero-order valence-electron chi connectivity index (χ0n) is 18.1. The Balaban J connectivity index is 1.77. The van der Waals surface area contributed by atoms with E-state index in [-0.39, 0.29) is 11.9 Å². The number of H-pyrrole nitrogens is 1. The number of hydrogen-bond acceptors (Lipinski definition) is 3. The Labute approximate surface area is 188 Å². The van der Waals surface area contributed by atoms with Gasteiger partial charge >= 0.3 is 0 Å². The number of amides is 1. The molecule has 6 heteroatoms. The van der Waals surface area contributed by atoms with Crippen LogP contribution in [0, 0.1) is 0 Å². The van der Waals surface area contributed by atoms with Crippen molar-refractivity contribution in [1.82, 2.24) is 9.88 Å². The molecule has 0 fully saturated rings. The minimum atomic E-state index is -0.209. The highest BCUT2D eigenvalue weighted by Crippen LogP contribution is 2.42. The molecule has 0 bridgehead atoms. The Morgan fingerprint density at radius 3 is 2.74 bits per heavy atom. The van der Waals surface area contributed by atoms with Gasteiger partial charge in [-0.15, -0.1) is 11.6 Å². The van der Waals surface area contributed by atoms with Gasteiger partial charge in [0.25, 0.3) is 0 Å². The molecule has 3 aromatic rings. The summed E-state index contributed by atoms with van der Waals surface area (Å²) in [6.45, 7) is 0.675. The molecule has 4 rings (SSSR count). The lowest BCUT2D eigenvalue weighted by Gasteiger charge is -2.37. The fourth-order valence-electron chi connectivity index (χ4n) is 4.57. The van der Waals surface area contributed by atoms with Gasteiger partial charge in [-0.25, -0.2) is 0 Å². The molecule has 0 aliphatic carbocycles. The molecule has 1 aliphatic rings. The van der Waals surface area contributed by atoms with Crippen LogP contribution in [0.3, 0.4) is 0 Å². The minimum absolute atomic E-state index is 0.173. The molecular formula is C25H29ClN2O3. The Morgan fingerprint density at radius 1 is 1.13 bits per heavy atom. The lowest BCUT2D eigenvalue weighted by molar-refractivity contribution is -0.133. The van der Waals surface area contributed by atoms with Crippen LogP contribution in [-0.4, -0.2) is 42.4 Å². The Kier molecular flexibility index (Phi) is 6.71. The number of nitrogens with one attached hydrogen (secondary N) is 1. The van der Waals surface area contributed by atoms with Gasteiger partial charge in [-0.2, -0.15) is 0 Å². The normalized spacial score (nSPS) is 15.7. The molecule has 0 spiro atoms. The summed E-state index contributed by atoms with van der Waals surface area (Å²) in [6.07, 6.45) is 4.11. The van der Waals surface area contributed by atoms with Gasteiger partial charge in [0.2, 0.25) is 5.91 Å². The van der Waals surface area contributed by atoms with E-state index >= 15 is 0 Å². The fourth-order valence-corrected chi connectivity index (χ4v) is 4.76. The molecule has 0 saturated carbocycles. The lowest BCUT2D eigenvalue weighted by Crippen LogP contribution is -2.40. The number of aromatic amines is 1. The van der Waals surface area contributed by atoms with Gasteiger partial charge in [-0.3, -0.25) is 4.79 Å². The van der Waals surface area contributed by atoms with E-state index in [1.54, 1.807) is 14.2 Å². The molecule has 1 unspecified atom stereocenters. The molecule has 164 valence electrons. The predicted molar refractivity (Wildman–Crippen MR) is 124 cm³/mol. The van der Waals surface area contributed by atoms with Gasteiger partial charge in [0.15, 0.2) is 0 Å². The van der Waals surface area contributed by atoms with Gasteiger partial charge in [-0.05, 0) is 49.1 Å². The smallest absolute Gasteiger partial charge is 0.223 e. The number of halogens is 1. The number of alkyl halides is 1. The van der Waals surface area contributed by atoms with Crippen LogP contribution in [0.2, 0.25) is 0 Å². The number of methoxy groups -OCH3 is 2. The molecule has 1 aliphatic heterocycles. The van der Waals surface area contributed by atoms with Crippen LogP contribution in [-0.2, 0) is 11.2 Å². The molecule has 31 heavy (non-hydrogen) atoms. The highest BCUT2D eigenvalue weighted by atomic mass is 35.5. The number of fused-ring (bicyclic) bond motifs is 3. The minimum Gasteiger partial charge on any atom is -0.497 e. The summed E-state index contributed by atoms with van der Waals surface area (Å²) in [6, 6.07) is 13.8. The first-order valence-corrected chi connectivity index (χ1v) is 11.4. The maximum absolute atomic E-state index is 13.3. The Hall–Kier alpha value is -2.66. The first-order valence-electron chi connectivity index (χ1n) is 10.8. The number of carbonyl (C=O) groups excluding carboxylic acids is 1. The number of nitrogens with zero attached hydrogens (tertiary/aromatic N) is 1. The maximum Gasteiger partial charge on any atom is 0.223 e. The summed E-state index contributed by atoms with van der Waals surface area (Å²) in [5, 5.41) is 1.16. The number of ether oxygens (including phenoxy) is 2. The van der Waals surface area contributed by atoms with Gasteiger partial charge in [-0.1, -0.05) is 24.6 Å². The van der Waals surface area contributed by atoms with Crippen LogP contribution in [0.5, 0.6) is 11.5 Å². The fraction of sp³-hybridized carbons (Fsp3) is 0.400. The van der Waals surface area contributed by atoms with Crippen molar-refractivity contribution in [2.45, 2.75) is 38.1 Å². The van der Waals surface area contributed by atoms with Gasteiger partial charge in [0.1, 0.15) is 17.5 Å². The van der Waals surface area contributed by atoms with E-state index in [9.17, 15) is 4.79 Å². The zero-order chi connectivity index (χ0) is 21.8. The van der Waals surface area contributed by atoms with Crippen molar-refractivity contribution in [3.05, 3.63) is 59.3 Å². The van der Waals surface area contributed by atoms with E-state index in [0.29, 0.717) is 18.8 Å². The number of para-hydroxylation sites is 1. The second kappa shape index (κ2) is 9.65.